The number of furan rings is 1. The third-order valence-corrected chi connectivity index (χ3v) is 4.11. The van der Waals surface area contributed by atoms with Crippen molar-refractivity contribution >= 4 is 15.7 Å². The molecule has 0 bridgehead atoms. The fourth-order valence-electron chi connectivity index (χ4n) is 1.89. The van der Waals surface area contributed by atoms with E-state index in [4.69, 9.17) is 8.83 Å². The van der Waals surface area contributed by atoms with E-state index in [1.165, 1.54) is 12.1 Å². The summed E-state index contributed by atoms with van der Waals surface area (Å²) in [4.78, 5) is 0. The number of hydrogen-bond acceptors (Lipinski definition) is 6. The molecule has 0 aliphatic heterocycles. The summed E-state index contributed by atoms with van der Waals surface area (Å²) < 4.78 is 37.5. The Morgan fingerprint density at radius 1 is 1.05 bits per heavy atom. The van der Waals surface area contributed by atoms with Gasteiger partial charge in [-0.2, -0.15) is 8.42 Å². The van der Waals surface area contributed by atoms with Crippen LogP contribution in [0.4, 0.5) is 5.69 Å². The highest BCUT2D eigenvalue weighted by Crippen LogP contribution is 2.25. The van der Waals surface area contributed by atoms with Gasteiger partial charge in [0.25, 0.3) is 15.9 Å². The second kappa shape index (κ2) is 5.30. The molecule has 2 aromatic heterocycles. The smallest absolute Gasteiger partial charge is 0.295 e. The van der Waals surface area contributed by atoms with Crippen molar-refractivity contribution in [3.8, 4) is 11.7 Å². The first-order chi connectivity index (χ1) is 10.4. The Morgan fingerprint density at radius 2 is 1.86 bits per heavy atom. The number of hydrogen-bond donors (Lipinski definition) is 1. The van der Waals surface area contributed by atoms with Gasteiger partial charge in [0.2, 0.25) is 11.0 Å². The highest BCUT2D eigenvalue weighted by molar-refractivity contribution is 7.92. The lowest BCUT2D eigenvalue weighted by Gasteiger charge is -2.06. The van der Waals surface area contributed by atoms with Crippen molar-refractivity contribution in [1.29, 1.82) is 0 Å². The van der Waals surface area contributed by atoms with Crippen LogP contribution in [0.15, 0.2) is 50.3 Å². The molecule has 3 rings (SSSR count). The maximum atomic E-state index is 12.3. The molecule has 114 valence electrons. The molecule has 8 heteroatoms. The topological polar surface area (TPSA) is 98.2 Å². The molecule has 0 spiro atoms. The number of aryl methyl sites for hydroxylation is 2. The van der Waals surface area contributed by atoms with Gasteiger partial charge in [0.05, 0.1) is 0 Å². The summed E-state index contributed by atoms with van der Waals surface area (Å²) in [7, 11) is -3.82. The summed E-state index contributed by atoms with van der Waals surface area (Å²) >= 11 is 0. The minimum Gasteiger partial charge on any atom is -0.438 e. The molecule has 22 heavy (non-hydrogen) atoms. The fraction of sp³-hybridized carbons (Fsp3) is 0.143. The van der Waals surface area contributed by atoms with E-state index in [0.29, 0.717) is 11.6 Å². The average molecular weight is 319 g/mol. The lowest BCUT2D eigenvalue weighted by Crippen LogP contribution is -2.12. The Morgan fingerprint density at radius 3 is 2.55 bits per heavy atom. The van der Waals surface area contributed by atoms with Crippen molar-refractivity contribution in [1.82, 2.24) is 10.2 Å². The maximum Gasteiger partial charge on any atom is 0.295 e. The second-order valence-corrected chi connectivity index (χ2v) is 6.33. The van der Waals surface area contributed by atoms with E-state index < -0.39 is 10.0 Å². The van der Waals surface area contributed by atoms with Crippen molar-refractivity contribution < 1.29 is 17.3 Å². The summed E-state index contributed by atoms with van der Waals surface area (Å²) in [5.41, 5.74) is 1.41. The predicted molar refractivity (Wildman–Crippen MR) is 78.7 cm³/mol. The Hall–Kier alpha value is -2.61. The van der Waals surface area contributed by atoms with Crippen LogP contribution in [0.1, 0.15) is 11.5 Å². The monoisotopic (exact) mass is 319 g/mol. The lowest BCUT2D eigenvalue weighted by molar-refractivity contribution is 0.439. The molecule has 0 saturated carbocycles. The Balaban J connectivity index is 1.88. The van der Waals surface area contributed by atoms with Crippen LogP contribution in [0.3, 0.4) is 0 Å². The van der Waals surface area contributed by atoms with Crippen LogP contribution >= 0.6 is 0 Å². The van der Waals surface area contributed by atoms with Gasteiger partial charge in [0.1, 0.15) is 0 Å². The summed E-state index contributed by atoms with van der Waals surface area (Å²) in [5, 5.41) is 7.23. The molecular formula is C14H13N3O4S. The van der Waals surface area contributed by atoms with Gasteiger partial charge < -0.3 is 8.83 Å². The normalized spacial score (nSPS) is 11.5. The van der Waals surface area contributed by atoms with Crippen LogP contribution in [-0.2, 0) is 10.0 Å². The number of benzene rings is 1. The minimum atomic E-state index is -3.82. The molecule has 0 atom stereocenters. The van der Waals surface area contributed by atoms with E-state index in [1.807, 2.05) is 13.0 Å². The average Bonchev–Trinajstić information content (AvgIpc) is 3.06. The summed E-state index contributed by atoms with van der Waals surface area (Å²) in [5.74, 6) is 0.702. The van der Waals surface area contributed by atoms with Gasteiger partial charge in [-0.3, -0.25) is 4.72 Å². The van der Waals surface area contributed by atoms with E-state index in [1.54, 1.807) is 25.1 Å². The van der Waals surface area contributed by atoms with E-state index in [0.717, 1.165) is 5.56 Å². The zero-order valence-corrected chi connectivity index (χ0v) is 12.7. The van der Waals surface area contributed by atoms with Gasteiger partial charge in [-0.25, -0.2) is 0 Å². The Labute approximate surface area is 127 Å². The SMILES string of the molecule is Cc1cccc(NS(=O)(=O)c2ccc(-c3nnc(C)o3)o2)c1. The highest BCUT2D eigenvalue weighted by Gasteiger charge is 2.21. The van der Waals surface area contributed by atoms with Crippen LogP contribution in [-0.4, -0.2) is 18.6 Å². The number of anilines is 1. The fourth-order valence-corrected chi connectivity index (χ4v) is 2.87. The molecule has 1 aromatic carbocycles. The molecule has 0 unspecified atom stereocenters. The lowest BCUT2D eigenvalue weighted by atomic mass is 10.2. The van der Waals surface area contributed by atoms with Gasteiger partial charge in [-0.1, -0.05) is 12.1 Å². The molecule has 3 aromatic rings. The van der Waals surface area contributed by atoms with Gasteiger partial charge >= 0.3 is 0 Å². The second-order valence-electron chi connectivity index (χ2n) is 4.72. The van der Waals surface area contributed by atoms with Crippen molar-refractivity contribution in [2.24, 2.45) is 0 Å². The van der Waals surface area contributed by atoms with Gasteiger partial charge in [-0.05, 0) is 36.8 Å². The van der Waals surface area contributed by atoms with Crippen molar-refractivity contribution in [2.45, 2.75) is 18.9 Å². The summed E-state index contributed by atoms with van der Waals surface area (Å²) in [6.45, 7) is 3.51. The molecule has 2 heterocycles. The van der Waals surface area contributed by atoms with Crippen LogP contribution < -0.4 is 4.72 Å². The molecule has 1 N–H and O–H groups in total. The maximum absolute atomic E-state index is 12.3. The molecular weight excluding hydrogens is 306 g/mol. The molecule has 0 saturated heterocycles. The highest BCUT2D eigenvalue weighted by atomic mass is 32.2. The molecule has 7 nitrogen and oxygen atoms in total. The van der Waals surface area contributed by atoms with Crippen LogP contribution in [0.25, 0.3) is 11.7 Å². The van der Waals surface area contributed by atoms with Gasteiger partial charge in [-0.15, -0.1) is 10.2 Å². The zero-order valence-electron chi connectivity index (χ0n) is 11.9. The number of sulfonamides is 1. The van der Waals surface area contributed by atoms with E-state index >= 15 is 0 Å². The largest absolute Gasteiger partial charge is 0.438 e. The Bertz CT molecular complexity index is 912. The van der Waals surface area contributed by atoms with E-state index in [-0.39, 0.29) is 16.7 Å². The van der Waals surface area contributed by atoms with Crippen molar-refractivity contribution in [3.63, 3.8) is 0 Å². The predicted octanol–water partition coefficient (Wildman–Crippen LogP) is 2.75. The number of nitrogens with zero attached hydrogens (tertiary/aromatic N) is 2. The summed E-state index contributed by atoms with van der Waals surface area (Å²) in [6.07, 6.45) is 0. The Kier molecular flexibility index (Phi) is 3.45. The van der Waals surface area contributed by atoms with Crippen LogP contribution in [0.2, 0.25) is 0 Å². The van der Waals surface area contributed by atoms with Gasteiger partial charge in [0, 0.05) is 12.6 Å². The molecule has 0 aliphatic carbocycles. The first kappa shape index (κ1) is 14.3. The third kappa shape index (κ3) is 2.86. The number of aromatic nitrogens is 2. The molecule has 0 fully saturated rings. The molecule has 0 amide bonds. The molecule has 0 radical (unpaired) electrons. The zero-order chi connectivity index (χ0) is 15.7. The summed E-state index contributed by atoms with van der Waals surface area (Å²) in [6, 6.07) is 9.84. The molecule has 0 aliphatic rings. The van der Waals surface area contributed by atoms with Crippen LogP contribution in [0, 0.1) is 13.8 Å². The van der Waals surface area contributed by atoms with Crippen molar-refractivity contribution in [2.75, 3.05) is 4.72 Å². The standard InChI is InChI=1S/C14H13N3O4S/c1-9-4-3-5-11(8-9)17-22(18,19)13-7-6-12(21-13)14-16-15-10(2)20-14/h3-8,17H,1-2H3. The first-order valence-electron chi connectivity index (χ1n) is 6.44. The first-order valence-corrected chi connectivity index (χ1v) is 7.92. The quantitative estimate of drug-likeness (QED) is 0.794. The number of nitrogens with one attached hydrogen (secondary N) is 1. The van der Waals surface area contributed by atoms with Gasteiger partial charge in [0.15, 0.2) is 5.76 Å². The van der Waals surface area contributed by atoms with E-state index in [9.17, 15) is 8.42 Å². The minimum absolute atomic E-state index is 0.134. The van der Waals surface area contributed by atoms with E-state index in [2.05, 4.69) is 14.9 Å². The number of rotatable bonds is 4. The van der Waals surface area contributed by atoms with Crippen molar-refractivity contribution in [3.05, 3.63) is 47.9 Å². The third-order valence-electron chi connectivity index (χ3n) is 2.85. The van der Waals surface area contributed by atoms with Crippen LogP contribution in [0.5, 0.6) is 0 Å².